The Bertz CT molecular complexity index is 1620. The van der Waals surface area contributed by atoms with E-state index in [1.165, 1.54) is 116 Å². The molecule has 0 unspecified atom stereocenters. The van der Waals surface area contributed by atoms with Crippen molar-refractivity contribution < 1.29 is 28.7 Å². The summed E-state index contributed by atoms with van der Waals surface area (Å²) >= 11 is 0. The van der Waals surface area contributed by atoms with Gasteiger partial charge in [0.1, 0.15) is 0 Å². The first-order valence-electron chi connectivity index (χ1n) is 24.5. The van der Waals surface area contributed by atoms with Crippen LogP contribution in [0.4, 0.5) is 11.4 Å². The van der Waals surface area contributed by atoms with E-state index in [-0.39, 0.29) is 42.9 Å². The Balaban J connectivity index is 1.42. The van der Waals surface area contributed by atoms with E-state index in [1.54, 1.807) is 22.8 Å². The maximum atomic E-state index is 13.0. The Hall–Kier alpha value is -4.22. The van der Waals surface area contributed by atoms with Crippen LogP contribution >= 0.6 is 0 Å². The number of carbonyl (C=O) groups is 4. The molecule has 0 aliphatic carbocycles. The number of ether oxygens (including phenoxy) is 2. The van der Waals surface area contributed by atoms with Crippen LogP contribution in [-0.2, 0) is 34.1 Å². The second-order valence-corrected chi connectivity index (χ2v) is 18.2. The Labute approximate surface area is 373 Å². The molecule has 0 atom stereocenters. The van der Waals surface area contributed by atoms with Gasteiger partial charge >= 0.3 is 11.9 Å². The van der Waals surface area contributed by atoms with Crippen molar-refractivity contribution in [2.24, 2.45) is 0 Å². The maximum absolute atomic E-state index is 13.0. The topological polar surface area (TPSA) is 157 Å². The number of rotatable bonds is 35. The fourth-order valence-corrected chi connectivity index (χ4v) is 7.46. The van der Waals surface area contributed by atoms with Gasteiger partial charge in [-0.2, -0.15) is 4.63 Å². The summed E-state index contributed by atoms with van der Waals surface area (Å²) in [5.41, 5.74) is 2.87. The molecule has 0 aliphatic heterocycles. The number of benzene rings is 1. The first-order chi connectivity index (χ1) is 30.0. The van der Waals surface area contributed by atoms with Gasteiger partial charge < -0.3 is 20.1 Å². The Morgan fingerprint density at radius 3 is 1.31 bits per heavy atom. The van der Waals surface area contributed by atoms with Gasteiger partial charge in [0.2, 0.25) is 11.8 Å². The fourth-order valence-electron chi connectivity index (χ4n) is 7.46. The second kappa shape index (κ2) is 30.8. The summed E-state index contributed by atoms with van der Waals surface area (Å²) in [6.07, 6.45) is 29.5. The standard InChI is InChI=1S/C50H82N6O6/c1-6-8-10-12-14-16-18-20-22-24-26-28-34-61-47(59)32-30-45(57)51-41-36-40(49-53-44-39-43(50(3,4)5)54-56(44)55-49)37-42(38-41)52-46(58)31-33-48(60)62-35-29-27-25-23-21-19-17-15-13-11-9-7-2/h36-39,54H,6-35H2,1-5H3,(H,51,57)(H,52,58). The van der Waals surface area contributed by atoms with E-state index in [1.807, 2.05) is 6.07 Å². The lowest BCUT2D eigenvalue weighted by Crippen LogP contribution is -2.16. The number of nitrogens with zero attached hydrogens (tertiary/aromatic N) is 3. The number of fused-ring (bicyclic) bond motifs is 1. The molecule has 0 fully saturated rings. The van der Waals surface area contributed by atoms with Crippen molar-refractivity contribution in [2.75, 3.05) is 23.8 Å². The van der Waals surface area contributed by atoms with Crippen molar-refractivity contribution in [3.8, 4) is 11.4 Å². The van der Waals surface area contributed by atoms with Crippen LogP contribution in [0.5, 0.6) is 0 Å². The second-order valence-electron chi connectivity index (χ2n) is 18.2. The molecule has 62 heavy (non-hydrogen) atoms. The number of hydrogen-bond acceptors (Lipinski definition) is 8. The minimum absolute atomic E-state index is 0.0355. The molecule has 2 amide bonds. The van der Waals surface area contributed by atoms with E-state index in [9.17, 15) is 19.2 Å². The highest BCUT2D eigenvalue weighted by Gasteiger charge is 2.20. The normalized spacial score (nSPS) is 11.6. The highest BCUT2D eigenvalue weighted by molar-refractivity contribution is 5.97. The van der Waals surface area contributed by atoms with Gasteiger partial charge in [-0.3, -0.25) is 24.3 Å². The number of aromatic amines is 1. The molecule has 12 heteroatoms. The molecule has 3 N–H and O–H groups in total. The van der Waals surface area contributed by atoms with E-state index in [4.69, 9.17) is 14.5 Å². The van der Waals surface area contributed by atoms with Crippen LogP contribution in [0.2, 0.25) is 0 Å². The van der Waals surface area contributed by atoms with Gasteiger partial charge in [0, 0.05) is 47.0 Å². The molecule has 0 saturated heterocycles. The van der Waals surface area contributed by atoms with E-state index >= 15 is 0 Å². The molecule has 3 aromatic rings. The molecule has 3 rings (SSSR count). The zero-order valence-corrected chi connectivity index (χ0v) is 39.3. The third kappa shape index (κ3) is 22.7. The lowest BCUT2D eigenvalue weighted by Gasteiger charge is -2.14. The van der Waals surface area contributed by atoms with Crippen LogP contribution in [0.1, 0.15) is 220 Å². The Morgan fingerprint density at radius 1 is 0.548 bits per heavy atom. The molecule has 0 aliphatic rings. The number of carbonyl (C=O) groups excluding carboxylic acids is 4. The number of hydrogen-bond donors (Lipinski definition) is 3. The number of H-pyrrole nitrogens is 1. The molecule has 0 radical (unpaired) electrons. The van der Waals surface area contributed by atoms with E-state index in [2.05, 4.69) is 55.4 Å². The van der Waals surface area contributed by atoms with Crippen molar-refractivity contribution >= 4 is 40.8 Å². The van der Waals surface area contributed by atoms with E-state index in [0.29, 0.717) is 41.6 Å². The highest BCUT2D eigenvalue weighted by Crippen LogP contribution is 2.28. The summed E-state index contributed by atoms with van der Waals surface area (Å²) < 4.78 is 12.4. The summed E-state index contributed by atoms with van der Waals surface area (Å²) in [6, 6.07) is 7.04. The van der Waals surface area contributed by atoms with Crippen molar-refractivity contribution in [2.45, 2.75) is 220 Å². The van der Waals surface area contributed by atoms with Gasteiger partial charge in [-0.15, -0.1) is 5.10 Å². The van der Waals surface area contributed by atoms with Gasteiger partial charge in [-0.25, -0.2) is 4.98 Å². The SMILES string of the molecule is CCCCCCCCCCCCCCOC(=O)CCC(=O)Nc1cc(NC(=O)CCC(=O)OCCCCCCCCCCCCCC)cc(-c2nc3cc(C(C)(C)C)[nH]n3n2)c1. The molecular weight excluding hydrogens is 781 g/mol. The number of unbranched alkanes of at least 4 members (excludes halogenated alkanes) is 22. The van der Waals surface area contributed by atoms with Gasteiger partial charge in [0.15, 0.2) is 11.5 Å². The van der Waals surface area contributed by atoms with Crippen LogP contribution in [0, 0.1) is 0 Å². The average Bonchev–Trinajstić information content (AvgIpc) is 3.84. The van der Waals surface area contributed by atoms with Crippen LogP contribution in [0.15, 0.2) is 24.3 Å². The van der Waals surface area contributed by atoms with Crippen LogP contribution in [0.3, 0.4) is 0 Å². The van der Waals surface area contributed by atoms with Gasteiger partial charge in [0.25, 0.3) is 0 Å². The monoisotopic (exact) mass is 863 g/mol. The molecule has 2 heterocycles. The van der Waals surface area contributed by atoms with Gasteiger partial charge in [-0.05, 0) is 31.0 Å². The smallest absolute Gasteiger partial charge is 0.306 e. The van der Waals surface area contributed by atoms with Gasteiger partial charge in [-0.1, -0.05) is 176 Å². The van der Waals surface area contributed by atoms with Gasteiger partial charge in [0.05, 0.1) is 26.1 Å². The molecule has 0 saturated carbocycles. The van der Waals surface area contributed by atoms with Crippen molar-refractivity contribution in [1.82, 2.24) is 19.8 Å². The van der Waals surface area contributed by atoms with Crippen molar-refractivity contribution in [1.29, 1.82) is 0 Å². The largest absolute Gasteiger partial charge is 0.466 e. The summed E-state index contributed by atoms with van der Waals surface area (Å²) in [5.74, 6) is -1.13. The number of nitrogens with one attached hydrogen (secondary N) is 3. The third-order valence-corrected chi connectivity index (χ3v) is 11.3. The Kier molecular flexibility index (Phi) is 25.9. The van der Waals surface area contributed by atoms with Crippen LogP contribution in [0.25, 0.3) is 17.0 Å². The summed E-state index contributed by atoms with van der Waals surface area (Å²) in [6.45, 7) is 11.5. The predicted molar refractivity (Wildman–Crippen MR) is 251 cm³/mol. The number of anilines is 2. The minimum Gasteiger partial charge on any atom is -0.466 e. The van der Waals surface area contributed by atoms with Crippen LogP contribution in [-0.4, -0.2) is 56.8 Å². The summed E-state index contributed by atoms with van der Waals surface area (Å²) in [7, 11) is 0. The quantitative estimate of drug-likeness (QED) is 0.0390. The number of aromatic nitrogens is 4. The molecule has 0 bridgehead atoms. The molecule has 1 aromatic carbocycles. The maximum Gasteiger partial charge on any atom is 0.306 e. The van der Waals surface area contributed by atoms with Crippen LogP contribution < -0.4 is 10.6 Å². The predicted octanol–water partition coefficient (Wildman–Crippen LogP) is 12.9. The fraction of sp³-hybridized carbons (Fsp3) is 0.720. The first kappa shape index (κ1) is 52.1. The average molecular weight is 863 g/mol. The minimum atomic E-state index is -0.399. The zero-order valence-electron chi connectivity index (χ0n) is 39.3. The molecule has 12 nitrogen and oxygen atoms in total. The highest BCUT2D eigenvalue weighted by atomic mass is 16.5. The number of esters is 2. The van der Waals surface area contributed by atoms with Crippen molar-refractivity contribution in [3.05, 3.63) is 30.0 Å². The zero-order chi connectivity index (χ0) is 44.8. The van der Waals surface area contributed by atoms with E-state index in [0.717, 1.165) is 44.2 Å². The van der Waals surface area contributed by atoms with Crippen molar-refractivity contribution in [3.63, 3.8) is 0 Å². The summed E-state index contributed by atoms with van der Waals surface area (Å²) in [4.78, 5) is 55.6. The molecule has 2 aromatic heterocycles. The lowest BCUT2D eigenvalue weighted by molar-refractivity contribution is -0.145. The summed E-state index contributed by atoms with van der Waals surface area (Å²) in [5, 5.41) is 13.6. The molecule has 348 valence electrons. The lowest BCUT2D eigenvalue weighted by atomic mass is 9.93. The van der Waals surface area contributed by atoms with E-state index < -0.39 is 11.9 Å². The first-order valence-corrected chi connectivity index (χ1v) is 24.5. The molecule has 0 spiro atoms. The Morgan fingerprint density at radius 2 is 0.935 bits per heavy atom. The number of amides is 2. The molecular formula is C50H82N6O6. The third-order valence-electron chi connectivity index (χ3n) is 11.3.